The van der Waals surface area contributed by atoms with Crippen LogP contribution >= 0.6 is 0 Å². The van der Waals surface area contributed by atoms with Crippen molar-refractivity contribution >= 4 is 22.8 Å². The lowest BCUT2D eigenvalue weighted by Crippen LogP contribution is -2.30. The Kier molecular flexibility index (Phi) is 5.51. The minimum Gasteiger partial charge on any atom is -0.481 e. The molecular formula is C23H25N7O3. The minimum atomic E-state index is -0.0846. The fourth-order valence-electron chi connectivity index (χ4n) is 4.09. The standard InChI is InChI=1S/C23H25N7O3/c1-14-10-17(15-4-5-20(32-3)25-11-15)24-12-18(14)27-22-26-13-19-21(28-22)30(23(31)29(19)2)16-6-8-33-9-7-16/h4-5,10-13,16H,6-9H2,1-3H3,(H,26,27,28). The van der Waals surface area contributed by atoms with Gasteiger partial charge in [0.05, 0.1) is 30.9 Å². The van der Waals surface area contributed by atoms with Gasteiger partial charge in [-0.05, 0) is 37.5 Å². The van der Waals surface area contributed by atoms with Gasteiger partial charge in [0, 0.05) is 44.1 Å². The maximum atomic E-state index is 12.9. The molecule has 0 saturated carbocycles. The first kappa shape index (κ1) is 21.1. The van der Waals surface area contributed by atoms with Gasteiger partial charge in [0.15, 0.2) is 5.65 Å². The number of nitrogens with one attached hydrogen (secondary N) is 1. The van der Waals surface area contributed by atoms with Gasteiger partial charge >= 0.3 is 5.69 Å². The Bertz CT molecular complexity index is 1360. The van der Waals surface area contributed by atoms with E-state index in [1.165, 1.54) is 0 Å². The van der Waals surface area contributed by atoms with Crippen LogP contribution in [0.5, 0.6) is 5.88 Å². The number of pyridine rings is 2. The number of imidazole rings is 1. The van der Waals surface area contributed by atoms with E-state index < -0.39 is 0 Å². The van der Waals surface area contributed by atoms with Crippen LogP contribution in [-0.2, 0) is 11.8 Å². The third-order valence-corrected chi connectivity index (χ3v) is 5.99. The van der Waals surface area contributed by atoms with Crippen LogP contribution in [-0.4, -0.2) is 49.4 Å². The number of rotatable bonds is 5. The van der Waals surface area contributed by atoms with Gasteiger partial charge in [-0.3, -0.25) is 14.1 Å². The van der Waals surface area contributed by atoms with E-state index in [-0.39, 0.29) is 11.7 Å². The first-order chi connectivity index (χ1) is 16.0. The van der Waals surface area contributed by atoms with Gasteiger partial charge in [-0.15, -0.1) is 0 Å². The predicted octanol–water partition coefficient (Wildman–Crippen LogP) is 3.00. The molecule has 0 bridgehead atoms. The third kappa shape index (κ3) is 3.93. The van der Waals surface area contributed by atoms with Crippen LogP contribution in [0, 0.1) is 6.92 Å². The molecular weight excluding hydrogens is 422 g/mol. The Morgan fingerprint density at radius 1 is 1.12 bits per heavy atom. The summed E-state index contributed by atoms with van der Waals surface area (Å²) in [6.45, 7) is 3.28. The quantitative estimate of drug-likeness (QED) is 0.497. The van der Waals surface area contributed by atoms with Crippen LogP contribution in [0.15, 0.2) is 41.6 Å². The highest BCUT2D eigenvalue weighted by Gasteiger charge is 2.23. The van der Waals surface area contributed by atoms with E-state index in [0.717, 1.165) is 35.3 Å². The molecule has 0 amide bonds. The molecule has 0 aromatic carbocycles. The van der Waals surface area contributed by atoms with Crippen molar-refractivity contribution in [3.05, 3.63) is 52.8 Å². The lowest BCUT2D eigenvalue weighted by atomic mass is 10.1. The molecule has 1 fully saturated rings. The Morgan fingerprint density at radius 3 is 2.64 bits per heavy atom. The molecule has 0 aliphatic carbocycles. The zero-order chi connectivity index (χ0) is 22.9. The Labute approximate surface area is 190 Å². The van der Waals surface area contributed by atoms with Crippen molar-refractivity contribution in [2.24, 2.45) is 7.05 Å². The fourth-order valence-corrected chi connectivity index (χ4v) is 4.09. The molecule has 170 valence electrons. The monoisotopic (exact) mass is 447 g/mol. The zero-order valence-electron chi connectivity index (χ0n) is 18.8. The SMILES string of the molecule is COc1ccc(-c2cc(C)c(Nc3ncc4c(n3)n(C3CCOCC3)c(=O)n4C)cn2)cn1. The first-order valence-corrected chi connectivity index (χ1v) is 10.8. The number of aromatic nitrogens is 6. The van der Waals surface area contributed by atoms with E-state index in [1.807, 2.05) is 19.1 Å². The van der Waals surface area contributed by atoms with Gasteiger partial charge < -0.3 is 14.8 Å². The molecule has 1 aliphatic heterocycles. The summed E-state index contributed by atoms with van der Waals surface area (Å²) in [7, 11) is 3.33. The van der Waals surface area contributed by atoms with Crippen LogP contribution in [0.2, 0.25) is 0 Å². The van der Waals surface area contributed by atoms with Gasteiger partial charge in [-0.1, -0.05) is 0 Å². The molecule has 0 atom stereocenters. The molecule has 1 aliphatic rings. The summed E-state index contributed by atoms with van der Waals surface area (Å²) in [5.41, 5.74) is 4.71. The van der Waals surface area contributed by atoms with Crippen LogP contribution in [0.25, 0.3) is 22.4 Å². The van der Waals surface area contributed by atoms with E-state index >= 15 is 0 Å². The van der Waals surface area contributed by atoms with Crippen LogP contribution in [0.1, 0.15) is 24.4 Å². The Morgan fingerprint density at radius 2 is 1.94 bits per heavy atom. The summed E-state index contributed by atoms with van der Waals surface area (Å²) >= 11 is 0. The molecule has 5 heterocycles. The van der Waals surface area contributed by atoms with E-state index in [0.29, 0.717) is 36.2 Å². The van der Waals surface area contributed by atoms with E-state index in [4.69, 9.17) is 14.5 Å². The predicted molar refractivity (Wildman–Crippen MR) is 124 cm³/mol. The lowest BCUT2D eigenvalue weighted by Gasteiger charge is -2.22. The van der Waals surface area contributed by atoms with Gasteiger partial charge in [0.2, 0.25) is 11.8 Å². The molecule has 0 unspecified atom stereocenters. The Hall–Kier alpha value is -3.79. The highest BCUT2D eigenvalue weighted by Crippen LogP contribution is 2.26. The van der Waals surface area contributed by atoms with Crippen molar-refractivity contribution in [1.29, 1.82) is 0 Å². The van der Waals surface area contributed by atoms with Crippen LogP contribution in [0.3, 0.4) is 0 Å². The molecule has 4 aromatic rings. The molecule has 0 radical (unpaired) electrons. The molecule has 4 aromatic heterocycles. The topological polar surface area (TPSA) is 109 Å². The van der Waals surface area contributed by atoms with Gasteiger partial charge in [-0.2, -0.15) is 4.98 Å². The summed E-state index contributed by atoms with van der Waals surface area (Å²) in [5, 5.41) is 3.25. The van der Waals surface area contributed by atoms with Crippen LogP contribution in [0.4, 0.5) is 11.6 Å². The maximum absolute atomic E-state index is 12.9. The van der Waals surface area contributed by atoms with Crippen molar-refractivity contribution < 1.29 is 9.47 Å². The highest BCUT2D eigenvalue weighted by molar-refractivity contribution is 5.73. The van der Waals surface area contributed by atoms with Crippen molar-refractivity contribution in [2.75, 3.05) is 25.6 Å². The molecule has 10 nitrogen and oxygen atoms in total. The van der Waals surface area contributed by atoms with Crippen molar-refractivity contribution in [1.82, 2.24) is 29.1 Å². The molecule has 33 heavy (non-hydrogen) atoms. The molecule has 10 heteroatoms. The molecule has 1 N–H and O–H groups in total. The minimum absolute atomic E-state index is 0.0680. The lowest BCUT2D eigenvalue weighted by molar-refractivity contribution is 0.0695. The summed E-state index contributed by atoms with van der Waals surface area (Å²) in [6.07, 6.45) is 6.74. The van der Waals surface area contributed by atoms with E-state index in [1.54, 1.807) is 47.9 Å². The number of ether oxygens (including phenoxy) is 2. The summed E-state index contributed by atoms with van der Waals surface area (Å²) < 4.78 is 14.0. The fraction of sp³-hybridized carbons (Fsp3) is 0.348. The number of hydrogen-bond acceptors (Lipinski definition) is 8. The second-order valence-electron chi connectivity index (χ2n) is 8.06. The third-order valence-electron chi connectivity index (χ3n) is 5.99. The van der Waals surface area contributed by atoms with Crippen molar-refractivity contribution in [3.8, 4) is 17.1 Å². The molecule has 0 spiro atoms. The van der Waals surface area contributed by atoms with Gasteiger partial charge in [-0.25, -0.2) is 14.8 Å². The number of anilines is 2. The first-order valence-electron chi connectivity index (χ1n) is 10.8. The van der Waals surface area contributed by atoms with E-state index in [9.17, 15) is 4.79 Å². The number of fused-ring (bicyclic) bond motifs is 1. The van der Waals surface area contributed by atoms with E-state index in [2.05, 4.69) is 20.3 Å². The number of aryl methyl sites for hydroxylation is 2. The zero-order valence-corrected chi connectivity index (χ0v) is 18.8. The van der Waals surface area contributed by atoms with Gasteiger partial charge in [0.25, 0.3) is 0 Å². The highest BCUT2D eigenvalue weighted by atomic mass is 16.5. The van der Waals surface area contributed by atoms with Crippen LogP contribution < -0.4 is 15.7 Å². The summed E-state index contributed by atoms with van der Waals surface area (Å²) in [6, 6.07) is 5.77. The Balaban J connectivity index is 1.45. The second kappa shape index (κ2) is 8.62. The number of methoxy groups -OCH3 is 1. The normalized spacial score (nSPS) is 14.5. The largest absolute Gasteiger partial charge is 0.481 e. The average Bonchev–Trinajstić information content (AvgIpc) is 3.10. The summed E-state index contributed by atoms with van der Waals surface area (Å²) in [4.78, 5) is 30.8. The smallest absolute Gasteiger partial charge is 0.330 e. The summed E-state index contributed by atoms with van der Waals surface area (Å²) in [5.74, 6) is 0.971. The second-order valence-corrected chi connectivity index (χ2v) is 8.06. The number of hydrogen-bond donors (Lipinski definition) is 1. The maximum Gasteiger partial charge on any atom is 0.330 e. The molecule has 1 saturated heterocycles. The van der Waals surface area contributed by atoms with Crippen molar-refractivity contribution in [2.45, 2.75) is 25.8 Å². The molecule has 5 rings (SSSR count). The van der Waals surface area contributed by atoms with Crippen molar-refractivity contribution in [3.63, 3.8) is 0 Å². The average molecular weight is 447 g/mol. The van der Waals surface area contributed by atoms with Gasteiger partial charge in [0.1, 0.15) is 5.52 Å². The number of nitrogens with zero attached hydrogens (tertiary/aromatic N) is 6.